The topological polar surface area (TPSA) is 78.7 Å². The van der Waals surface area contributed by atoms with E-state index >= 15 is 0 Å². The summed E-state index contributed by atoms with van der Waals surface area (Å²) in [7, 11) is 0. The summed E-state index contributed by atoms with van der Waals surface area (Å²) in [6.45, 7) is 3.71. The number of aryl methyl sites for hydroxylation is 2. The van der Waals surface area contributed by atoms with Crippen LogP contribution in [0, 0.1) is 25.2 Å². The van der Waals surface area contributed by atoms with Gasteiger partial charge in [-0.2, -0.15) is 5.26 Å². The summed E-state index contributed by atoms with van der Waals surface area (Å²) in [4.78, 5) is 21.5. The van der Waals surface area contributed by atoms with Crippen molar-refractivity contribution in [2.45, 2.75) is 45.1 Å². The molecule has 1 N–H and O–H groups in total. The van der Waals surface area contributed by atoms with Crippen molar-refractivity contribution in [3.05, 3.63) is 45.2 Å². The first kappa shape index (κ1) is 15.6. The van der Waals surface area contributed by atoms with Crippen LogP contribution in [0.3, 0.4) is 0 Å². The number of hydrogen-bond acceptors (Lipinski definition) is 5. The van der Waals surface area contributed by atoms with Gasteiger partial charge >= 0.3 is 0 Å². The Morgan fingerprint density at radius 2 is 2.04 bits per heavy atom. The zero-order valence-electron chi connectivity index (χ0n) is 13.2. The molecule has 5 nitrogen and oxygen atoms in total. The van der Waals surface area contributed by atoms with Crippen LogP contribution in [0.1, 0.15) is 58.1 Å². The molecule has 6 heteroatoms. The summed E-state index contributed by atoms with van der Waals surface area (Å²) in [5.74, 6) is -0.202. The fourth-order valence-electron chi connectivity index (χ4n) is 3.03. The van der Waals surface area contributed by atoms with Crippen molar-refractivity contribution in [1.29, 1.82) is 5.26 Å². The molecule has 0 atom stereocenters. The average molecular weight is 326 g/mol. The van der Waals surface area contributed by atoms with Gasteiger partial charge in [0.25, 0.3) is 5.91 Å². The first-order valence-electron chi connectivity index (χ1n) is 7.67. The summed E-state index contributed by atoms with van der Waals surface area (Å²) in [5.41, 5.74) is 2.02. The third-order valence-electron chi connectivity index (χ3n) is 4.28. The van der Waals surface area contributed by atoms with Gasteiger partial charge in [0.15, 0.2) is 0 Å². The monoisotopic (exact) mass is 326 g/mol. The summed E-state index contributed by atoms with van der Waals surface area (Å²) in [6, 6.07) is 5.32. The van der Waals surface area contributed by atoms with E-state index in [0.717, 1.165) is 36.4 Å². The standard InChI is InChI=1S/C17H18N4OS/c1-11-10-23-16(19-11)17(7-3-4-8-17)21-15(22)14-6-5-13(9-18)12(2)20-14/h5-6,10H,3-4,7-8H2,1-2H3,(H,21,22). The molecular weight excluding hydrogens is 308 g/mol. The fourth-order valence-corrected chi connectivity index (χ4v) is 4.04. The molecule has 1 amide bonds. The van der Waals surface area contributed by atoms with Crippen molar-refractivity contribution in [2.75, 3.05) is 0 Å². The molecule has 1 aliphatic carbocycles. The van der Waals surface area contributed by atoms with Gasteiger partial charge in [-0.3, -0.25) is 4.79 Å². The Labute approximate surface area is 139 Å². The minimum atomic E-state index is -0.376. The summed E-state index contributed by atoms with van der Waals surface area (Å²) < 4.78 is 0. The van der Waals surface area contributed by atoms with Gasteiger partial charge in [0.1, 0.15) is 16.8 Å². The van der Waals surface area contributed by atoms with Crippen LogP contribution < -0.4 is 5.32 Å². The molecule has 0 unspecified atom stereocenters. The minimum Gasteiger partial charge on any atom is -0.339 e. The van der Waals surface area contributed by atoms with E-state index in [1.54, 1.807) is 30.4 Å². The number of thiazole rings is 1. The summed E-state index contributed by atoms with van der Waals surface area (Å²) in [5, 5.41) is 15.1. The van der Waals surface area contributed by atoms with Crippen molar-refractivity contribution in [1.82, 2.24) is 15.3 Å². The Morgan fingerprint density at radius 1 is 1.30 bits per heavy atom. The van der Waals surface area contributed by atoms with E-state index in [2.05, 4.69) is 21.4 Å². The molecule has 2 aromatic rings. The number of rotatable bonds is 3. The highest BCUT2D eigenvalue weighted by Crippen LogP contribution is 2.40. The predicted molar refractivity (Wildman–Crippen MR) is 88.2 cm³/mol. The Bertz CT molecular complexity index is 784. The van der Waals surface area contributed by atoms with Gasteiger partial charge < -0.3 is 5.32 Å². The van der Waals surface area contributed by atoms with Crippen LogP contribution >= 0.6 is 11.3 Å². The Balaban J connectivity index is 1.88. The molecule has 0 aliphatic heterocycles. The number of carbonyl (C=O) groups excluding carboxylic acids is 1. The lowest BCUT2D eigenvalue weighted by atomic mass is 9.98. The second-order valence-corrected chi connectivity index (χ2v) is 6.84. The van der Waals surface area contributed by atoms with Crippen molar-refractivity contribution < 1.29 is 4.79 Å². The smallest absolute Gasteiger partial charge is 0.270 e. The molecule has 0 bridgehead atoms. The third kappa shape index (κ3) is 2.97. The quantitative estimate of drug-likeness (QED) is 0.939. The highest BCUT2D eigenvalue weighted by Gasteiger charge is 2.40. The molecule has 118 valence electrons. The van der Waals surface area contributed by atoms with Gasteiger partial charge in [-0.25, -0.2) is 9.97 Å². The van der Waals surface area contributed by atoms with Crippen LogP contribution in [0.4, 0.5) is 0 Å². The van der Waals surface area contributed by atoms with Gasteiger partial charge in [0, 0.05) is 11.1 Å². The number of nitriles is 1. The predicted octanol–water partition coefficient (Wildman–Crippen LogP) is 3.23. The van der Waals surface area contributed by atoms with Gasteiger partial charge in [0.05, 0.1) is 16.8 Å². The van der Waals surface area contributed by atoms with Gasteiger partial charge in [-0.05, 0) is 38.8 Å². The molecule has 23 heavy (non-hydrogen) atoms. The van der Waals surface area contributed by atoms with E-state index in [1.165, 1.54) is 0 Å². The average Bonchev–Trinajstić information content (AvgIpc) is 3.17. The van der Waals surface area contributed by atoms with Crippen molar-refractivity contribution in [3.63, 3.8) is 0 Å². The van der Waals surface area contributed by atoms with E-state index < -0.39 is 0 Å². The third-order valence-corrected chi connectivity index (χ3v) is 5.44. The van der Waals surface area contributed by atoms with Crippen molar-refractivity contribution in [3.8, 4) is 6.07 Å². The number of pyridine rings is 1. The number of carbonyl (C=O) groups is 1. The van der Waals surface area contributed by atoms with Crippen LogP contribution in [-0.4, -0.2) is 15.9 Å². The summed E-state index contributed by atoms with van der Waals surface area (Å²) >= 11 is 1.60. The number of nitrogens with zero attached hydrogens (tertiary/aromatic N) is 3. The van der Waals surface area contributed by atoms with Crippen LogP contribution in [0.5, 0.6) is 0 Å². The molecule has 2 aromatic heterocycles. The molecule has 0 radical (unpaired) electrons. The zero-order chi connectivity index (χ0) is 16.4. The number of aromatic nitrogens is 2. The van der Waals surface area contributed by atoms with Gasteiger partial charge in [0.2, 0.25) is 0 Å². The molecule has 1 saturated carbocycles. The first-order valence-corrected chi connectivity index (χ1v) is 8.55. The molecular formula is C17H18N4OS. The van der Waals surface area contributed by atoms with Crippen LogP contribution in [0.25, 0.3) is 0 Å². The highest BCUT2D eigenvalue weighted by atomic mass is 32.1. The van der Waals surface area contributed by atoms with Crippen LogP contribution in [0.2, 0.25) is 0 Å². The minimum absolute atomic E-state index is 0.202. The Kier molecular flexibility index (Phi) is 4.14. The Hall–Kier alpha value is -2.26. The highest BCUT2D eigenvalue weighted by molar-refractivity contribution is 7.09. The maximum absolute atomic E-state index is 12.7. The van der Waals surface area contributed by atoms with E-state index in [9.17, 15) is 4.79 Å². The fraction of sp³-hybridized carbons (Fsp3) is 0.412. The van der Waals surface area contributed by atoms with E-state index in [0.29, 0.717) is 17.0 Å². The lowest BCUT2D eigenvalue weighted by Crippen LogP contribution is -2.44. The molecule has 1 aliphatic rings. The lowest BCUT2D eigenvalue weighted by molar-refractivity contribution is 0.0892. The maximum atomic E-state index is 12.7. The molecule has 0 saturated heterocycles. The van der Waals surface area contributed by atoms with E-state index in [4.69, 9.17) is 5.26 Å². The van der Waals surface area contributed by atoms with Crippen LogP contribution in [-0.2, 0) is 5.54 Å². The first-order chi connectivity index (χ1) is 11.0. The molecule has 3 rings (SSSR count). The number of amides is 1. The van der Waals surface area contributed by atoms with E-state index in [1.807, 2.05) is 12.3 Å². The lowest BCUT2D eigenvalue weighted by Gasteiger charge is -2.28. The molecule has 2 heterocycles. The largest absolute Gasteiger partial charge is 0.339 e. The van der Waals surface area contributed by atoms with E-state index in [-0.39, 0.29) is 11.4 Å². The van der Waals surface area contributed by atoms with Crippen molar-refractivity contribution >= 4 is 17.2 Å². The molecule has 0 spiro atoms. The second kappa shape index (κ2) is 6.09. The Morgan fingerprint density at radius 3 is 2.61 bits per heavy atom. The summed E-state index contributed by atoms with van der Waals surface area (Å²) in [6.07, 6.45) is 3.97. The number of hydrogen-bond donors (Lipinski definition) is 1. The maximum Gasteiger partial charge on any atom is 0.270 e. The SMILES string of the molecule is Cc1csc(C2(NC(=O)c3ccc(C#N)c(C)n3)CCCC2)n1. The zero-order valence-corrected chi connectivity index (χ0v) is 14.0. The molecule has 0 aromatic carbocycles. The van der Waals surface area contributed by atoms with Crippen LogP contribution in [0.15, 0.2) is 17.5 Å². The van der Waals surface area contributed by atoms with Gasteiger partial charge in [-0.1, -0.05) is 12.8 Å². The second-order valence-electron chi connectivity index (χ2n) is 5.98. The number of nitrogens with one attached hydrogen (secondary N) is 1. The van der Waals surface area contributed by atoms with Crippen molar-refractivity contribution in [2.24, 2.45) is 0 Å². The van der Waals surface area contributed by atoms with Gasteiger partial charge in [-0.15, -0.1) is 11.3 Å². The molecule has 1 fully saturated rings. The normalized spacial score (nSPS) is 16.0.